The lowest BCUT2D eigenvalue weighted by molar-refractivity contribution is 0.209. The first-order valence-electron chi connectivity index (χ1n) is 9.84. The van der Waals surface area contributed by atoms with Crippen LogP contribution in [0.25, 0.3) is 5.65 Å². The predicted octanol–water partition coefficient (Wildman–Crippen LogP) is 2.58. The van der Waals surface area contributed by atoms with Crippen molar-refractivity contribution in [2.75, 3.05) is 19.6 Å². The van der Waals surface area contributed by atoms with E-state index in [1.54, 1.807) is 0 Å². The summed E-state index contributed by atoms with van der Waals surface area (Å²) in [6, 6.07) is 6.20. The smallest absolute Gasteiger partial charge is 0.177 e. The van der Waals surface area contributed by atoms with E-state index in [9.17, 15) is 0 Å². The molecule has 0 N–H and O–H groups in total. The zero-order chi connectivity index (χ0) is 19.0. The molecule has 3 aromatic rings. The molecule has 1 aliphatic heterocycles. The summed E-state index contributed by atoms with van der Waals surface area (Å²) in [6.07, 6.45) is 5.13. The molecule has 0 spiro atoms. The van der Waals surface area contributed by atoms with Crippen LogP contribution in [-0.2, 0) is 18.9 Å². The molecule has 4 heterocycles. The number of nitrogens with zero attached hydrogens (tertiary/aromatic N) is 7. The van der Waals surface area contributed by atoms with Gasteiger partial charge < -0.3 is 4.90 Å². The Morgan fingerprint density at radius 3 is 2.52 bits per heavy atom. The largest absolute Gasteiger partial charge is 0.303 e. The highest BCUT2D eigenvalue weighted by molar-refractivity contribution is 5.37. The normalized spacial score (nSPS) is 17.0. The molecule has 0 atom stereocenters. The van der Waals surface area contributed by atoms with Crippen LogP contribution < -0.4 is 0 Å². The van der Waals surface area contributed by atoms with E-state index in [0.29, 0.717) is 5.92 Å². The molecule has 0 amide bonds. The van der Waals surface area contributed by atoms with Crippen molar-refractivity contribution in [3.8, 4) is 0 Å². The second kappa shape index (κ2) is 7.03. The second-order valence-electron chi connectivity index (χ2n) is 8.61. The Kier molecular flexibility index (Phi) is 4.72. The van der Waals surface area contributed by atoms with Crippen molar-refractivity contribution in [2.45, 2.75) is 51.4 Å². The summed E-state index contributed by atoms with van der Waals surface area (Å²) in [5.41, 5.74) is 3.23. The monoisotopic (exact) mass is 367 g/mol. The first kappa shape index (κ1) is 18.1. The van der Waals surface area contributed by atoms with Crippen LogP contribution in [0, 0.1) is 0 Å². The highest BCUT2D eigenvalue weighted by Gasteiger charge is 2.26. The van der Waals surface area contributed by atoms with Gasteiger partial charge in [-0.05, 0) is 44.1 Å². The van der Waals surface area contributed by atoms with E-state index in [-0.39, 0.29) is 5.41 Å². The highest BCUT2D eigenvalue weighted by Crippen LogP contribution is 2.28. The minimum absolute atomic E-state index is 0.0187. The number of piperidine rings is 1. The molecule has 0 bridgehead atoms. The second-order valence-corrected chi connectivity index (χ2v) is 8.61. The van der Waals surface area contributed by atoms with Gasteiger partial charge in [-0.2, -0.15) is 14.7 Å². The van der Waals surface area contributed by atoms with Gasteiger partial charge in [0.15, 0.2) is 11.5 Å². The van der Waals surface area contributed by atoms with Gasteiger partial charge in [0.25, 0.3) is 0 Å². The van der Waals surface area contributed by atoms with Crippen LogP contribution in [0.4, 0.5) is 0 Å². The molecule has 4 rings (SSSR count). The predicted molar refractivity (Wildman–Crippen MR) is 105 cm³/mol. The van der Waals surface area contributed by atoms with Crippen LogP contribution in [-0.4, -0.2) is 54.1 Å². The van der Waals surface area contributed by atoms with Crippen LogP contribution in [0.5, 0.6) is 0 Å². The van der Waals surface area contributed by atoms with Gasteiger partial charge in [0.05, 0.1) is 5.69 Å². The fourth-order valence-electron chi connectivity index (χ4n) is 3.79. The molecular weight excluding hydrogens is 338 g/mol. The van der Waals surface area contributed by atoms with Gasteiger partial charge in [0.2, 0.25) is 0 Å². The lowest BCUT2D eigenvalue weighted by atomic mass is 9.92. The molecule has 7 nitrogen and oxygen atoms in total. The highest BCUT2D eigenvalue weighted by atomic mass is 15.4. The maximum absolute atomic E-state index is 4.85. The molecular formula is C20H29N7. The summed E-state index contributed by atoms with van der Waals surface area (Å²) in [6.45, 7) is 9.83. The van der Waals surface area contributed by atoms with E-state index in [0.717, 1.165) is 56.1 Å². The SMILES string of the molecule is Cn1nccc1CCN1CCC(c2nnc3ccc(C(C)(C)C)nn23)CC1. The van der Waals surface area contributed by atoms with E-state index >= 15 is 0 Å². The van der Waals surface area contributed by atoms with Gasteiger partial charge >= 0.3 is 0 Å². The zero-order valence-corrected chi connectivity index (χ0v) is 16.8. The van der Waals surface area contributed by atoms with Crippen molar-refractivity contribution in [3.63, 3.8) is 0 Å². The Hall–Kier alpha value is -2.28. The average molecular weight is 368 g/mol. The van der Waals surface area contributed by atoms with Gasteiger partial charge in [-0.15, -0.1) is 10.2 Å². The van der Waals surface area contributed by atoms with Crippen LogP contribution in [0.15, 0.2) is 24.4 Å². The molecule has 1 saturated heterocycles. The van der Waals surface area contributed by atoms with Crippen molar-refractivity contribution in [1.82, 2.24) is 34.5 Å². The molecule has 1 aliphatic rings. The maximum atomic E-state index is 4.85. The Balaban J connectivity index is 1.43. The van der Waals surface area contributed by atoms with Crippen LogP contribution in [0.2, 0.25) is 0 Å². The molecule has 0 aromatic carbocycles. The molecule has 0 aliphatic carbocycles. The van der Waals surface area contributed by atoms with Gasteiger partial charge in [-0.1, -0.05) is 20.8 Å². The summed E-state index contributed by atoms with van der Waals surface area (Å²) in [5, 5.41) is 17.9. The summed E-state index contributed by atoms with van der Waals surface area (Å²) in [4.78, 5) is 2.54. The van der Waals surface area contributed by atoms with E-state index in [2.05, 4.69) is 53.1 Å². The maximum Gasteiger partial charge on any atom is 0.177 e. The zero-order valence-electron chi connectivity index (χ0n) is 16.8. The molecule has 7 heteroatoms. The number of fused-ring (bicyclic) bond motifs is 1. The fraction of sp³-hybridized carbons (Fsp3) is 0.600. The van der Waals surface area contributed by atoms with E-state index in [1.165, 1.54) is 5.69 Å². The van der Waals surface area contributed by atoms with Crippen molar-refractivity contribution in [3.05, 3.63) is 41.6 Å². The summed E-state index contributed by atoms with van der Waals surface area (Å²) in [7, 11) is 2.01. The van der Waals surface area contributed by atoms with Crippen molar-refractivity contribution in [1.29, 1.82) is 0 Å². The number of aryl methyl sites for hydroxylation is 1. The quantitative estimate of drug-likeness (QED) is 0.709. The third-order valence-corrected chi connectivity index (χ3v) is 5.61. The molecule has 144 valence electrons. The van der Waals surface area contributed by atoms with Crippen LogP contribution in [0.1, 0.15) is 56.7 Å². The number of hydrogen-bond donors (Lipinski definition) is 0. The van der Waals surface area contributed by atoms with E-state index in [4.69, 9.17) is 5.10 Å². The Morgan fingerprint density at radius 2 is 1.85 bits per heavy atom. The summed E-state index contributed by atoms with van der Waals surface area (Å²) < 4.78 is 3.93. The van der Waals surface area contributed by atoms with Gasteiger partial charge in [-0.3, -0.25) is 4.68 Å². The first-order chi connectivity index (χ1) is 12.9. The van der Waals surface area contributed by atoms with Gasteiger partial charge in [0, 0.05) is 43.2 Å². The molecule has 0 saturated carbocycles. The topological polar surface area (TPSA) is 64.1 Å². The van der Waals surface area contributed by atoms with Crippen LogP contribution in [0.3, 0.4) is 0 Å². The third kappa shape index (κ3) is 3.74. The minimum atomic E-state index is 0.0187. The van der Waals surface area contributed by atoms with Crippen LogP contribution >= 0.6 is 0 Å². The minimum Gasteiger partial charge on any atom is -0.303 e. The van der Waals surface area contributed by atoms with Crippen molar-refractivity contribution in [2.24, 2.45) is 7.05 Å². The van der Waals surface area contributed by atoms with Gasteiger partial charge in [0.1, 0.15) is 0 Å². The lowest BCUT2D eigenvalue weighted by Crippen LogP contribution is -2.35. The van der Waals surface area contributed by atoms with Crippen molar-refractivity contribution >= 4 is 5.65 Å². The average Bonchev–Trinajstić information content (AvgIpc) is 3.25. The standard InChI is InChI=1S/C20H29N7/c1-20(2,3)17-5-6-18-22-23-19(27(18)24-17)15-8-12-26(13-9-15)14-10-16-7-11-21-25(16)4/h5-7,11,15H,8-10,12-14H2,1-4H3. The summed E-state index contributed by atoms with van der Waals surface area (Å²) in [5.74, 6) is 1.44. The fourth-order valence-corrected chi connectivity index (χ4v) is 3.79. The molecule has 3 aromatic heterocycles. The Morgan fingerprint density at radius 1 is 1.07 bits per heavy atom. The lowest BCUT2D eigenvalue weighted by Gasteiger charge is -2.31. The molecule has 0 radical (unpaired) electrons. The molecule has 27 heavy (non-hydrogen) atoms. The number of aromatic nitrogens is 6. The van der Waals surface area contributed by atoms with E-state index < -0.39 is 0 Å². The van der Waals surface area contributed by atoms with Crippen molar-refractivity contribution < 1.29 is 0 Å². The molecule has 0 unspecified atom stereocenters. The van der Waals surface area contributed by atoms with Gasteiger partial charge in [-0.25, -0.2) is 0 Å². The third-order valence-electron chi connectivity index (χ3n) is 5.61. The Bertz CT molecular complexity index is 910. The number of likely N-dealkylation sites (tertiary alicyclic amines) is 1. The number of hydrogen-bond acceptors (Lipinski definition) is 5. The molecule has 1 fully saturated rings. The first-order valence-corrected chi connectivity index (χ1v) is 9.84. The Labute approximate surface area is 160 Å². The van der Waals surface area contributed by atoms with E-state index in [1.807, 2.05) is 28.5 Å². The summed E-state index contributed by atoms with van der Waals surface area (Å²) >= 11 is 0. The number of rotatable bonds is 4.